The summed E-state index contributed by atoms with van der Waals surface area (Å²) in [5, 5.41) is 0. The van der Waals surface area contributed by atoms with Crippen molar-refractivity contribution in [2.45, 2.75) is 6.18 Å². The average Bonchev–Trinajstić information content (AvgIpc) is 2.32. The van der Waals surface area contributed by atoms with Crippen molar-refractivity contribution in [1.29, 1.82) is 0 Å². The standard InChI is InChI=1S/C12H9F3N2O/c1-17-10(12(13,14)15)7-9(16-11(17)18)8-5-3-2-4-6-8/h2-7H,1H3. The van der Waals surface area contributed by atoms with Crippen molar-refractivity contribution < 1.29 is 13.2 Å². The Hall–Kier alpha value is -2.11. The van der Waals surface area contributed by atoms with E-state index in [4.69, 9.17) is 0 Å². The Kier molecular flexibility index (Phi) is 2.94. The lowest BCUT2D eigenvalue weighted by Gasteiger charge is -2.12. The van der Waals surface area contributed by atoms with Crippen LogP contribution in [0.3, 0.4) is 0 Å². The monoisotopic (exact) mass is 254 g/mol. The molecule has 2 rings (SSSR count). The van der Waals surface area contributed by atoms with Crippen molar-refractivity contribution in [1.82, 2.24) is 9.55 Å². The number of aromatic nitrogens is 2. The van der Waals surface area contributed by atoms with E-state index in [9.17, 15) is 18.0 Å². The predicted molar refractivity (Wildman–Crippen MR) is 59.9 cm³/mol. The van der Waals surface area contributed by atoms with Crippen LogP contribution >= 0.6 is 0 Å². The molecule has 0 spiro atoms. The van der Waals surface area contributed by atoms with Crippen molar-refractivity contribution in [3.8, 4) is 11.3 Å². The summed E-state index contributed by atoms with van der Waals surface area (Å²) < 4.78 is 38.7. The summed E-state index contributed by atoms with van der Waals surface area (Å²) in [5.41, 5.74) is -1.45. The molecule has 18 heavy (non-hydrogen) atoms. The Morgan fingerprint density at radius 1 is 1.17 bits per heavy atom. The van der Waals surface area contributed by atoms with Gasteiger partial charge in [-0.2, -0.15) is 18.2 Å². The fourth-order valence-electron chi connectivity index (χ4n) is 1.57. The van der Waals surface area contributed by atoms with Gasteiger partial charge in [0.05, 0.1) is 5.69 Å². The van der Waals surface area contributed by atoms with Crippen LogP contribution in [0.15, 0.2) is 41.2 Å². The highest BCUT2D eigenvalue weighted by Gasteiger charge is 2.34. The van der Waals surface area contributed by atoms with Gasteiger partial charge in [0.1, 0.15) is 5.69 Å². The Labute approximate surface area is 101 Å². The van der Waals surface area contributed by atoms with Crippen molar-refractivity contribution >= 4 is 0 Å². The van der Waals surface area contributed by atoms with E-state index < -0.39 is 17.6 Å². The number of rotatable bonds is 1. The lowest BCUT2D eigenvalue weighted by atomic mass is 10.1. The Morgan fingerprint density at radius 3 is 2.33 bits per heavy atom. The van der Waals surface area contributed by atoms with Crippen LogP contribution in [-0.2, 0) is 13.2 Å². The van der Waals surface area contributed by atoms with E-state index in [-0.39, 0.29) is 5.69 Å². The van der Waals surface area contributed by atoms with Crippen LogP contribution in [0.2, 0.25) is 0 Å². The Balaban J connectivity index is 2.66. The van der Waals surface area contributed by atoms with Gasteiger partial charge in [-0.25, -0.2) is 4.79 Å². The second kappa shape index (κ2) is 4.29. The third kappa shape index (κ3) is 2.27. The van der Waals surface area contributed by atoms with Crippen molar-refractivity contribution in [2.24, 2.45) is 7.05 Å². The molecule has 6 heteroatoms. The molecule has 0 saturated carbocycles. The van der Waals surface area contributed by atoms with Gasteiger partial charge < -0.3 is 0 Å². The van der Waals surface area contributed by atoms with Gasteiger partial charge in [0.2, 0.25) is 0 Å². The molecule has 0 atom stereocenters. The first-order chi connectivity index (χ1) is 8.39. The number of hydrogen-bond acceptors (Lipinski definition) is 2. The fourth-order valence-corrected chi connectivity index (χ4v) is 1.57. The Bertz CT molecular complexity index is 617. The van der Waals surface area contributed by atoms with Crippen LogP contribution < -0.4 is 5.69 Å². The summed E-state index contributed by atoms with van der Waals surface area (Å²) in [7, 11) is 1.05. The van der Waals surface area contributed by atoms with E-state index in [0.717, 1.165) is 13.1 Å². The van der Waals surface area contributed by atoms with Crippen LogP contribution in [0.25, 0.3) is 11.3 Å². The summed E-state index contributed by atoms with van der Waals surface area (Å²) in [6.07, 6.45) is -4.58. The summed E-state index contributed by atoms with van der Waals surface area (Å²) in [4.78, 5) is 15.1. The van der Waals surface area contributed by atoms with Gasteiger partial charge in [-0.15, -0.1) is 0 Å². The number of hydrogen-bond donors (Lipinski definition) is 0. The number of alkyl halides is 3. The van der Waals surface area contributed by atoms with Crippen molar-refractivity contribution in [3.63, 3.8) is 0 Å². The molecule has 0 N–H and O–H groups in total. The molecule has 0 aliphatic heterocycles. The van der Waals surface area contributed by atoms with Crippen molar-refractivity contribution in [3.05, 3.63) is 52.6 Å². The third-order valence-electron chi connectivity index (χ3n) is 2.50. The number of halogens is 3. The Morgan fingerprint density at radius 2 is 1.78 bits per heavy atom. The van der Waals surface area contributed by atoms with E-state index in [1.54, 1.807) is 30.3 Å². The van der Waals surface area contributed by atoms with E-state index in [1.165, 1.54) is 0 Å². The highest BCUT2D eigenvalue weighted by atomic mass is 19.4. The minimum absolute atomic E-state index is 0.0195. The fraction of sp³-hybridized carbons (Fsp3) is 0.167. The van der Waals surface area contributed by atoms with Crippen LogP contribution in [0, 0.1) is 0 Å². The van der Waals surface area contributed by atoms with Crippen LogP contribution in [0.5, 0.6) is 0 Å². The van der Waals surface area contributed by atoms with E-state index >= 15 is 0 Å². The molecular weight excluding hydrogens is 245 g/mol. The molecule has 1 aromatic heterocycles. The average molecular weight is 254 g/mol. The predicted octanol–water partition coefficient (Wildman–Crippen LogP) is 2.47. The SMILES string of the molecule is Cn1c(C(F)(F)F)cc(-c2ccccc2)nc1=O. The molecule has 0 amide bonds. The maximum absolute atomic E-state index is 12.7. The molecule has 0 radical (unpaired) electrons. The molecule has 1 heterocycles. The van der Waals surface area contributed by atoms with Crippen LogP contribution in [0.4, 0.5) is 13.2 Å². The number of benzene rings is 1. The molecule has 2 aromatic rings. The third-order valence-corrected chi connectivity index (χ3v) is 2.50. The van der Waals surface area contributed by atoms with Crippen LogP contribution in [0.1, 0.15) is 5.69 Å². The second-order valence-electron chi connectivity index (χ2n) is 3.73. The van der Waals surface area contributed by atoms with Gasteiger partial charge in [-0.05, 0) is 6.07 Å². The minimum Gasteiger partial charge on any atom is -0.291 e. The summed E-state index contributed by atoms with van der Waals surface area (Å²) in [6.45, 7) is 0. The van der Waals surface area contributed by atoms with Gasteiger partial charge in [-0.1, -0.05) is 30.3 Å². The zero-order valence-corrected chi connectivity index (χ0v) is 9.40. The second-order valence-corrected chi connectivity index (χ2v) is 3.73. The van der Waals surface area contributed by atoms with Gasteiger partial charge in [-0.3, -0.25) is 4.57 Å². The highest BCUT2D eigenvalue weighted by molar-refractivity contribution is 5.58. The quantitative estimate of drug-likeness (QED) is 0.783. The van der Waals surface area contributed by atoms with Gasteiger partial charge in [0, 0.05) is 12.6 Å². The van der Waals surface area contributed by atoms with Crippen LogP contribution in [-0.4, -0.2) is 9.55 Å². The molecule has 3 nitrogen and oxygen atoms in total. The molecular formula is C12H9F3N2O. The lowest BCUT2D eigenvalue weighted by Crippen LogP contribution is -2.28. The van der Waals surface area contributed by atoms with Crippen molar-refractivity contribution in [2.75, 3.05) is 0 Å². The van der Waals surface area contributed by atoms with Gasteiger partial charge in [0.25, 0.3) is 0 Å². The lowest BCUT2D eigenvalue weighted by molar-refractivity contribution is -0.143. The normalized spacial score (nSPS) is 11.6. The molecule has 0 saturated heterocycles. The molecule has 0 bridgehead atoms. The van der Waals surface area contributed by atoms with E-state index in [2.05, 4.69) is 4.98 Å². The first kappa shape index (κ1) is 12.3. The first-order valence-electron chi connectivity index (χ1n) is 5.10. The maximum Gasteiger partial charge on any atom is 0.431 e. The zero-order valence-electron chi connectivity index (χ0n) is 9.40. The van der Waals surface area contributed by atoms with E-state index in [0.29, 0.717) is 10.1 Å². The first-order valence-corrected chi connectivity index (χ1v) is 5.10. The molecule has 94 valence electrons. The zero-order chi connectivity index (χ0) is 13.3. The molecule has 0 unspecified atom stereocenters. The number of nitrogens with zero attached hydrogens (tertiary/aromatic N) is 2. The molecule has 1 aromatic carbocycles. The van der Waals surface area contributed by atoms with E-state index in [1.807, 2.05) is 0 Å². The minimum atomic E-state index is -4.58. The molecule has 0 fully saturated rings. The summed E-state index contributed by atoms with van der Waals surface area (Å²) in [5.74, 6) is 0. The highest BCUT2D eigenvalue weighted by Crippen LogP contribution is 2.29. The summed E-state index contributed by atoms with van der Waals surface area (Å²) >= 11 is 0. The largest absolute Gasteiger partial charge is 0.431 e. The topological polar surface area (TPSA) is 34.9 Å². The van der Waals surface area contributed by atoms with Gasteiger partial charge in [0.15, 0.2) is 0 Å². The van der Waals surface area contributed by atoms with Gasteiger partial charge >= 0.3 is 11.9 Å². The molecule has 0 aliphatic carbocycles. The summed E-state index contributed by atoms with van der Waals surface area (Å²) in [6, 6.07) is 9.14. The maximum atomic E-state index is 12.7. The smallest absolute Gasteiger partial charge is 0.291 e. The molecule has 0 aliphatic rings.